The number of nitrogens with zero attached hydrogens (tertiary/aromatic N) is 1. The number of halogens is 1. The van der Waals surface area contributed by atoms with Crippen molar-refractivity contribution >= 4 is 18.2 Å². The summed E-state index contributed by atoms with van der Waals surface area (Å²) >= 11 is 0. The number of benzene rings is 1. The average molecular weight is 307 g/mol. The van der Waals surface area contributed by atoms with Crippen molar-refractivity contribution in [1.82, 2.24) is 10.4 Å². The van der Waals surface area contributed by atoms with Gasteiger partial charge in [0.15, 0.2) is 5.78 Å². The summed E-state index contributed by atoms with van der Waals surface area (Å²) in [6, 6.07) is 10.1. The highest BCUT2D eigenvalue weighted by Crippen LogP contribution is 2.32. The van der Waals surface area contributed by atoms with Crippen LogP contribution in [0.1, 0.15) is 19.4 Å². The van der Waals surface area contributed by atoms with E-state index in [9.17, 15) is 4.79 Å². The van der Waals surface area contributed by atoms with Gasteiger partial charge in [-0.2, -0.15) is 0 Å². The molecule has 2 heterocycles. The molecule has 1 saturated heterocycles. The van der Waals surface area contributed by atoms with Crippen LogP contribution in [0.4, 0.5) is 0 Å². The number of carbonyl (C=O) groups is 1. The third-order valence-electron chi connectivity index (χ3n) is 3.73. The summed E-state index contributed by atoms with van der Waals surface area (Å²) in [5.74, 6) is -0.0126. The maximum atomic E-state index is 12.7. The number of rotatable bonds is 2. The van der Waals surface area contributed by atoms with E-state index in [-0.39, 0.29) is 24.1 Å². The maximum Gasteiger partial charge on any atom is 0.163 e. The molecule has 0 saturated carbocycles. The molecule has 1 atom stereocenters. The predicted molar refractivity (Wildman–Crippen MR) is 83.3 cm³/mol. The average Bonchev–Trinajstić information content (AvgIpc) is 2.44. The van der Waals surface area contributed by atoms with E-state index in [0.29, 0.717) is 6.42 Å². The molecule has 2 aliphatic heterocycles. The minimum absolute atomic E-state index is 0. The minimum atomic E-state index is -0.585. The Morgan fingerprint density at radius 2 is 2.00 bits per heavy atom. The van der Waals surface area contributed by atoms with Gasteiger partial charge in [-0.05, 0) is 25.8 Å². The topological polar surface area (TPSA) is 41.6 Å². The van der Waals surface area contributed by atoms with E-state index in [2.05, 4.69) is 5.43 Å². The minimum Gasteiger partial charge on any atom is -0.469 e. The summed E-state index contributed by atoms with van der Waals surface area (Å²) in [4.78, 5) is 12.7. The summed E-state index contributed by atoms with van der Waals surface area (Å²) in [5.41, 5.74) is 4.64. The molecular weight excluding hydrogens is 288 g/mol. The van der Waals surface area contributed by atoms with Gasteiger partial charge in [0.2, 0.25) is 0 Å². The van der Waals surface area contributed by atoms with Gasteiger partial charge in [0.1, 0.15) is 12.5 Å². The van der Waals surface area contributed by atoms with E-state index < -0.39 is 5.54 Å². The Morgan fingerprint density at radius 3 is 2.71 bits per heavy atom. The van der Waals surface area contributed by atoms with Crippen molar-refractivity contribution in [2.24, 2.45) is 5.92 Å². The van der Waals surface area contributed by atoms with Gasteiger partial charge in [-0.1, -0.05) is 30.3 Å². The summed E-state index contributed by atoms with van der Waals surface area (Å²) in [6.45, 7) is 3.82. The van der Waals surface area contributed by atoms with Crippen LogP contribution in [-0.4, -0.2) is 16.3 Å². The Labute approximate surface area is 130 Å². The zero-order valence-corrected chi connectivity index (χ0v) is 12.9. The van der Waals surface area contributed by atoms with Gasteiger partial charge < -0.3 is 4.74 Å². The lowest BCUT2D eigenvalue weighted by atomic mass is 9.81. The Bertz CT molecular complexity index is 581. The molecule has 5 heteroatoms. The van der Waals surface area contributed by atoms with Crippen LogP contribution in [0, 0.1) is 5.92 Å². The molecule has 4 nitrogen and oxygen atoms in total. The standard InChI is InChI=1S/C16H18N2O2.ClH/c1-16(2)15(19)13(10-12-6-4-3-5-7-12)14-11-20-9-8-18(14)17-16;/h3-9,11,13,17H,10H2,1-2H3;1H. The summed E-state index contributed by atoms with van der Waals surface area (Å²) in [5, 5.41) is 1.89. The first-order valence-electron chi connectivity index (χ1n) is 6.75. The SMILES string of the molecule is CC1(C)NN2C=COC=C2C(Cc2ccccc2)C1=O.Cl. The second-order valence-electron chi connectivity index (χ2n) is 5.68. The Morgan fingerprint density at radius 1 is 1.29 bits per heavy atom. The van der Waals surface area contributed by atoms with Crippen LogP contribution in [0.3, 0.4) is 0 Å². The number of hydrogen-bond acceptors (Lipinski definition) is 4. The van der Waals surface area contributed by atoms with E-state index >= 15 is 0 Å². The molecule has 3 rings (SSSR count). The smallest absolute Gasteiger partial charge is 0.163 e. The Kier molecular flexibility index (Phi) is 4.40. The Hall–Kier alpha value is -1.78. The second kappa shape index (κ2) is 5.92. The summed E-state index contributed by atoms with van der Waals surface area (Å²) in [7, 11) is 0. The highest BCUT2D eigenvalue weighted by molar-refractivity contribution is 5.93. The van der Waals surface area contributed by atoms with Gasteiger partial charge in [-0.15, -0.1) is 12.4 Å². The molecule has 1 aromatic rings. The lowest BCUT2D eigenvalue weighted by Gasteiger charge is -2.43. The van der Waals surface area contributed by atoms with Crippen molar-refractivity contribution in [2.75, 3.05) is 0 Å². The first-order valence-corrected chi connectivity index (χ1v) is 6.75. The number of hydrazine groups is 1. The number of ether oxygens (including phenoxy) is 1. The monoisotopic (exact) mass is 306 g/mol. The van der Waals surface area contributed by atoms with Gasteiger partial charge in [0.05, 0.1) is 23.4 Å². The molecule has 1 N–H and O–H groups in total. The quantitative estimate of drug-likeness (QED) is 0.912. The highest BCUT2D eigenvalue weighted by Gasteiger charge is 2.43. The second-order valence-corrected chi connectivity index (χ2v) is 5.68. The van der Waals surface area contributed by atoms with Gasteiger partial charge in [0, 0.05) is 0 Å². The largest absolute Gasteiger partial charge is 0.469 e. The van der Waals surface area contributed by atoms with Crippen LogP contribution in [0.5, 0.6) is 0 Å². The molecular formula is C16H19ClN2O2. The number of allylic oxidation sites excluding steroid dienone is 1. The normalized spacial score (nSPS) is 22.8. The molecule has 0 bridgehead atoms. The molecule has 0 spiro atoms. The van der Waals surface area contributed by atoms with E-state index in [1.807, 2.05) is 55.4 Å². The van der Waals surface area contributed by atoms with Crippen molar-refractivity contribution in [2.45, 2.75) is 25.8 Å². The number of nitrogens with one attached hydrogen (secondary N) is 1. The molecule has 0 aliphatic carbocycles. The maximum absolute atomic E-state index is 12.7. The molecule has 0 aromatic heterocycles. The number of Topliss-reactive ketones (excluding diaryl/α,β-unsaturated/α-hetero) is 1. The fraction of sp³-hybridized carbons (Fsp3) is 0.312. The number of carbonyl (C=O) groups excluding carboxylic acids is 1. The third kappa shape index (κ3) is 2.96. The fourth-order valence-corrected chi connectivity index (χ4v) is 2.67. The zero-order chi connectivity index (χ0) is 14.2. The third-order valence-corrected chi connectivity index (χ3v) is 3.73. The van der Waals surface area contributed by atoms with Crippen LogP contribution in [0.25, 0.3) is 0 Å². The van der Waals surface area contributed by atoms with Crippen LogP contribution < -0.4 is 5.43 Å². The van der Waals surface area contributed by atoms with Crippen molar-refractivity contribution in [3.8, 4) is 0 Å². The van der Waals surface area contributed by atoms with E-state index in [0.717, 1.165) is 11.3 Å². The van der Waals surface area contributed by atoms with Gasteiger partial charge in [-0.3, -0.25) is 9.80 Å². The fourth-order valence-electron chi connectivity index (χ4n) is 2.67. The van der Waals surface area contributed by atoms with Crippen molar-refractivity contribution in [3.63, 3.8) is 0 Å². The summed E-state index contributed by atoms with van der Waals surface area (Å²) < 4.78 is 5.25. The first-order chi connectivity index (χ1) is 9.58. The molecule has 0 radical (unpaired) electrons. The van der Waals surface area contributed by atoms with Crippen LogP contribution in [0.15, 0.2) is 54.8 Å². The van der Waals surface area contributed by atoms with Crippen LogP contribution in [0.2, 0.25) is 0 Å². The molecule has 1 unspecified atom stereocenters. The van der Waals surface area contributed by atoms with Gasteiger partial charge in [0.25, 0.3) is 0 Å². The predicted octanol–water partition coefficient (Wildman–Crippen LogP) is 2.78. The number of fused-ring (bicyclic) bond motifs is 1. The molecule has 0 amide bonds. The first kappa shape index (κ1) is 15.6. The van der Waals surface area contributed by atoms with Crippen molar-refractivity contribution < 1.29 is 9.53 Å². The number of ketones is 1. The zero-order valence-electron chi connectivity index (χ0n) is 12.1. The molecule has 21 heavy (non-hydrogen) atoms. The Balaban J connectivity index is 0.00000161. The van der Waals surface area contributed by atoms with E-state index in [1.165, 1.54) is 0 Å². The van der Waals surface area contributed by atoms with Crippen LogP contribution in [-0.2, 0) is 16.0 Å². The van der Waals surface area contributed by atoms with Gasteiger partial charge >= 0.3 is 0 Å². The van der Waals surface area contributed by atoms with Crippen LogP contribution >= 0.6 is 12.4 Å². The van der Waals surface area contributed by atoms with E-state index in [4.69, 9.17) is 4.74 Å². The number of hydrogen-bond donors (Lipinski definition) is 1. The highest BCUT2D eigenvalue weighted by atomic mass is 35.5. The van der Waals surface area contributed by atoms with Crippen molar-refractivity contribution in [1.29, 1.82) is 0 Å². The summed E-state index contributed by atoms with van der Waals surface area (Å²) in [6.07, 6.45) is 5.74. The van der Waals surface area contributed by atoms with Gasteiger partial charge in [-0.25, -0.2) is 5.43 Å². The van der Waals surface area contributed by atoms with Crippen molar-refractivity contribution in [3.05, 3.63) is 60.3 Å². The molecule has 1 aromatic carbocycles. The molecule has 2 aliphatic rings. The molecule has 112 valence electrons. The lowest BCUT2D eigenvalue weighted by molar-refractivity contribution is -0.132. The molecule has 1 fully saturated rings. The van der Waals surface area contributed by atoms with E-state index in [1.54, 1.807) is 12.5 Å². The lowest BCUT2D eigenvalue weighted by Crippen LogP contribution is -2.61.